The lowest BCUT2D eigenvalue weighted by molar-refractivity contribution is -0.147. The van der Waals surface area contributed by atoms with Gasteiger partial charge in [-0.2, -0.15) is 0 Å². The van der Waals surface area contributed by atoms with E-state index in [9.17, 15) is 9.59 Å². The van der Waals surface area contributed by atoms with Gasteiger partial charge < -0.3 is 10.2 Å². The minimum absolute atomic E-state index is 0.0331. The van der Waals surface area contributed by atoms with Crippen molar-refractivity contribution < 1.29 is 9.59 Å². The van der Waals surface area contributed by atoms with Crippen molar-refractivity contribution in [1.29, 1.82) is 0 Å². The Labute approximate surface area is 104 Å². The largest absolute Gasteiger partial charge is 0.343 e. The van der Waals surface area contributed by atoms with Gasteiger partial charge in [-0.15, -0.1) is 0 Å². The first kappa shape index (κ1) is 14.0. The highest BCUT2D eigenvalue weighted by Gasteiger charge is 2.35. The molecule has 0 aromatic carbocycles. The van der Waals surface area contributed by atoms with Crippen molar-refractivity contribution in [3.63, 3.8) is 0 Å². The summed E-state index contributed by atoms with van der Waals surface area (Å²) < 4.78 is 0. The van der Waals surface area contributed by atoms with Crippen LogP contribution < -0.4 is 5.32 Å². The Balaban J connectivity index is 2.80. The van der Waals surface area contributed by atoms with Crippen molar-refractivity contribution in [2.24, 2.45) is 5.92 Å². The number of amides is 2. The zero-order valence-electron chi connectivity index (χ0n) is 11.3. The highest BCUT2D eigenvalue weighted by Crippen LogP contribution is 2.21. The summed E-state index contributed by atoms with van der Waals surface area (Å²) in [5.41, 5.74) is 0. The summed E-state index contributed by atoms with van der Waals surface area (Å²) in [6.07, 6.45) is 2.75. The van der Waals surface area contributed by atoms with E-state index < -0.39 is 0 Å². The van der Waals surface area contributed by atoms with Gasteiger partial charge in [-0.3, -0.25) is 9.59 Å². The quantitative estimate of drug-likeness (QED) is 0.792. The van der Waals surface area contributed by atoms with Crippen LogP contribution in [-0.4, -0.2) is 35.3 Å². The van der Waals surface area contributed by atoms with Gasteiger partial charge in [0.2, 0.25) is 11.8 Å². The van der Waals surface area contributed by atoms with Crippen LogP contribution in [0, 0.1) is 5.92 Å². The molecule has 2 unspecified atom stereocenters. The number of hydrogen-bond donors (Lipinski definition) is 1. The molecule has 2 amide bonds. The number of rotatable bonds is 5. The second kappa shape index (κ2) is 6.03. The molecular weight excluding hydrogens is 216 g/mol. The number of carbonyl (C=O) groups excluding carboxylic acids is 2. The molecule has 4 heteroatoms. The summed E-state index contributed by atoms with van der Waals surface area (Å²) in [6, 6.07) is -0.175. The number of nitrogens with one attached hydrogen (secondary N) is 1. The molecule has 0 aromatic rings. The molecular formula is C13H24N2O2. The molecule has 2 atom stereocenters. The van der Waals surface area contributed by atoms with E-state index in [1.54, 1.807) is 4.90 Å². The molecule has 1 aliphatic rings. The monoisotopic (exact) mass is 240 g/mol. The number of hydrogen-bond acceptors (Lipinski definition) is 2. The van der Waals surface area contributed by atoms with Gasteiger partial charge in [0.05, 0.1) is 6.54 Å². The normalized spacial score (nSPS) is 22.9. The van der Waals surface area contributed by atoms with Crippen molar-refractivity contribution in [3.8, 4) is 0 Å². The van der Waals surface area contributed by atoms with Crippen molar-refractivity contribution in [2.45, 2.75) is 59.0 Å². The van der Waals surface area contributed by atoms with E-state index in [2.05, 4.69) is 26.1 Å². The maximum absolute atomic E-state index is 12.2. The smallest absolute Gasteiger partial charge is 0.245 e. The molecule has 1 N–H and O–H groups in total. The van der Waals surface area contributed by atoms with Gasteiger partial charge in [-0.1, -0.05) is 33.6 Å². The highest BCUT2D eigenvalue weighted by atomic mass is 16.2. The average molecular weight is 240 g/mol. The van der Waals surface area contributed by atoms with E-state index in [4.69, 9.17) is 0 Å². The third-order valence-electron chi connectivity index (χ3n) is 3.86. The predicted octanol–water partition coefficient (Wildman–Crippen LogP) is 1.55. The Kier molecular flexibility index (Phi) is 4.97. The summed E-state index contributed by atoms with van der Waals surface area (Å²) in [4.78, 5) is 25.5. The molecule has 0 aromatic heterocycles. The van der Waals surface area contributed by atoms with E-state index in [1.807, 2.05) is 6.92 Å². The lowest BCUT2D eigenvalue weighted by atomic mass is 9.93. The second-order valence-electron chi connectivity index (χ2n) is 4.81. The van der Waals surface area contributed by atoms with Crippen LogP contribution in [0.5, 0.6) is 0 Å². The van der Waals surface area contributed by atoms with Crippen LogP contribution >= 0.6 is 0 Å². The van der Waals surface area contributed by atoms with Gasteiger partial charge >= 0.3 is 0 Å². The molecule has 1 aliphatic heterocycles. The van der Waals surface area contributed by atoms with Crippen molar-refractivity contribution in [1.82, 2.24) is 10.2 Å². The van der Waals surface area contributed by atoms with Gasteiger partial charge in [0.25, 0.3) is 0 Å². The second-order valence-corrected chi connectivity index (χ2v) is 4.81. The third kappa shape index (κ3) is 2.99. The van der Waals surface area contributed by atoms with Crippen LogP contribution in [0.25, 0.3) is 0 Å². The van der Waals surface area contributed by atoms with Crippen molar-refractivity contribution in [2.75, 3.05) is 6.54 Å². The molecule has 4 nitrogen and oxygen atoms in total. The summed E-state index contributed by atoms with van der Waals surface area (Å²) in [5.74, 6) is 0.517. The van der Waals surface area contributed by atoms with Gasteiger partial charge in [-0.05, 0) is 19.3 Å². The van der Waals surface area contributed by atoms with Gasteiger partial charge in [0.1, 0.15) is 6.04 Å². The molecule has 1 fully saturated rings. The van der Waals surface area contributed by atoms with E-state index in [1.165, 1.54) is 0 Å². The van der Waals surface area contributed by atoms with Crippen LogP contribution in [0.4, 0.5) is 0 Å². The lowest BCUT2D eigenvalue weighted by Crippen LogP contribution is -2.61. The number of carbonyl (C=O) groups is 2. The molecule has 0 spiro atoms. The van der Waals surface area contributed by atoms with Gasteiger partial charge in [0, 0.05) is 6.04 Å². The summed E-state index contributed by atoms with van der Waals surface area (Å²) in [6.45, 7) is 8.47. The standard InChI is InChI=1S/C13H24N2O2/c1-5-10(6-2)9(4)15-8-12(16)14-11(7-3)13(15)17/h9-11H,5-8H2,1-4H3,(H,14,16). The lowest BCUT2D eigenvalue weighted by Gasteiger charge is -2.39. The molecule has 98 valence electrons. The Morgan fingerprint density at radius 1 is 1.29 bits per heavy atom. The fraction of sp³-hybridized carbons (Fsp3) is 0.846. The average Bonchev–Trinajstić information content (AvgIpc) is 2.33. The molecule has 0 aliphatic carbocycles. The predicted molar refractivity (Wildman–Crippen MR) is 67.5 cm³/mol. The Morgan fingerprint density at radius 3 is 2.35 bits per heavy atom. The van der Waals surface area contributed by atoms with E-state index in [0.29, 0.717) is 12.3 Å². The zero-order valence-corrected chi connectivity index (χ0v) is 11.3. The summed E-state index contributed by atoms with van der Waals surface area (Å²) in [7, 11) is 0. The van der Waals surface area contributed by atoms with Crippen molar-refractivity contribution >= 4 is 11.8 Å². The Bertz CT molecular complexity index is 287. The topological polar surface area (TPSA) is 49.4 Å². The first-order valence-electron chi connectivity index (χ1n) is 6.64. The number of nitrogens with zero attached hydrogens (tertiary/aromatic N) is 1. The molecule has 0 bridgehead atoms. The molecule has 0 radical (unpaired) electrons. The first-order valence-corrected chi connectivity index (χ1v) is 6.64. The number of piperazine rings is 1. The van der Waals surface area contributed by atoms with Crippen LogP contribution in [0.2, 0.25) is 0 Å². The maximum atomic E-state index is 12.2. The van der Waals surface area contributed by atoms with Crippen molar-refractivity contribution in [3.05, 3.63) is 0 Å². The molecule has 17 heavy (non-hydrogen) atoms. The fourth-order valence-corrected chi connectivity index (χ4v) is 2.58. The zero-order chi connectivity index (χ0) is 13.0. The fourth-order valence-electron chi connectivity index (χ4n) is 2.58. The Morgan fingerprint density at radius 2 is 1.88 bits per heavy atom. The minimum atomic E-state index is -0.326. The molecule has 1 rings (SSSR count). The Hall–Kier alpha value is -1.06. The van der Waals surface area contributed by atoms with Crippen LogP contribution in [0.3, 0.4) is 0 Å². The highest BCUT2D eigenvalue weighted by molar-refractivity contribution is 5.94. The minimum Gasteiger partial charge on any atom is -0.343 e. The van der Waals surface area contributed by atoms with E-state index in [0.717, 1.165) is 12.8 Å². The van der Waals surface area contributed by atoms with Crippen LogP contribution in [0.15, 0.2) is 0 Å². The van der Waals surface area contributed by atoms with Crippen LogP contribution in [0.1, 0.15) is 47.0 Å². The first-order chi connectivity index (χ1) is 8.04. The summed E-state index contributed by atoms with van der Waals surface area (Å²) in [5, 5.41) is 2.75. The van der Waals surface area contributed by atoms with Gasteiger partial charge in [0.15, 0.2) is 0 Å². The third-order valence-corrected chi connectivity index (χ3v) is 3.86. The van der Waals surface area contributed by atoms with E-state index in [-0.39, 0.29) is 30.4 Å². The maximum Gasteiger partial charge on any atom is 0.245 e. The molecule has 1 heterocycles. The molecule has 0 saturated carbocycles. The SMILES string of the molecule is CCC1NC(=O)CN(C(C)C(CC)CC)C1=O. The summed E-state index contributed by atoms with van der Waals surface area (Å²) >= 11 is 0. The molecule has 1 saturated heterocycles. The van der Waals surface area contributed by atoms with Gasteiger partial charge in [-0.25, -0.2) is 0 Å². The van der Waals surface area contributed by atoms with E-state index >= 15 is 0 Å². The van der Waals surface area contributed by atoms with Crippen LogP contribution in [-0.2, 0) is 9.59 Å².